The lowest BCUT2D eigenvalue weighted by atomic mass is 10.4. The summed E-state index contributed by atoms with van der Waals surface area (Å²) in [5.74, 6) is 0.907. The van der Waals surface area contributed by atoms with Crippen LogP contribution in [0.2, 0.25) is 0 Å². The van der Waals surface area contributed by atoms with Gasteiger partial charge in [0, 0.05) is 16.9 Å². The van der Waals surface area contributed by atoms with E-state index >= 15 is 0 Å². The van der Waals surface area contributed by atoms with Crippen molar-refractivity contribution in [3.63, 3.8) is 0 Å². The second-order valence-corrected chi connectivity index (χ2v) is 4.78. The number of rotatable bonds is 2. The molecular formula is C9H10BrN3S. The summed E-state index contributed by atoms with van der Waals surface area (Å²) in [5.41, 5.74) is 6.67. The Kier molecular flexibility index (Phi) is 2.71. The first-order valence-electron chi connectivity index (χ1n) is 4.17. The molecule has 2 aromatic rings. The van der Waals surface area contributed by atoms with Crippen LogP contribution in [0.4, 0.5) is 0 Å². The van der Waals surface area contributed by atoms with E-state index in [4.69, 9.17) is 5.73 Å². The number of hydrogen-bond acceptors (Lipinski definition) is 3. The molecule has 0 aromatic carbocycles. The van der Waals surface area contributed by atoms with Crippen LogP contribution in [-0.2, 0) is 13.6 Å². The van der Waals surface area contributed by atoms with Crippen LogP contribution in [0.3, 0.4) is 0 Å². The molecule has 0 spiro atoms. The van der Waals surface area contributed by atoms with E-state index in [2.05, 4.69) is 32.4 Å². The molecule has 14 heavy (non-hydrogen) atoms. The Labute approximate surface area is 94.7 Å². The van der Waals surface area contributed by atoms with Crippen LogP contribution in [0.15, 0.2) is 22.1 Å². The predicted octanol–water partition coefficient (Wildman–Crippen LogP) is 2.37. The van der Waals surface area contributed by atoms with Crippen molar-refractivity contribution < 1.29 is 0 Å². The Morgan fingerprint density at radius 2 is 2.43 bits per heavy atom. The van der Waals surface area contributed by atoms with E-state index in [1.54, 1.807) is 11.3 Å². The van der Waals surface area contributed by atoms with E-state index in [0.717, 1.165) is 16.0 Å². The molecule has 0 amide bonds. The average Bonchev–Trinajstić information content (AvgIpc) is 2.72. The Morgan fingerprint density at radius 1 is 1.64 bits per heavy atom. The first-order valence-corrected chi connectivity index (χ1v) is 5.84. The molecule has 74 valence electrons. The van der Waals surface area contributed by atoms with Gasteiger partial charge in [-0.15, -0.1) is 11.3 Å². The second kappa shape index (κ2) is 3.84. The molecule has 2 rings (SSSR count). The van der Waals surface area contributed by atoms with E-state index in [1.165, 1.54) is 4.88 Å². The van der Waals surface area contributed by atoms with Gasteiger partial charge in [-0.3, -0.25) is 0 Å². The molecule has 2 N–H and O–H groups in total. The average molecular weight is 272 g/mol. The minimum absolute atomic E-state index is 0.475. The molecule has 3 nitrogen and oxygen atoms in total. The first kappa shape index (κ1) is 9.89. The van der Waals surface area contributed by atoms with Crippen molar-refractivity contribution in [3.8, 4) is 10.6 Å². The number of halogens is 1. The Morgan fingerprint density at radius 3 is 2.93 bits per heavy atom. The lowest BCUT2D eigenvalue weighted by Crippen LogP contribution is -2.05. The molecule has 0 fully saturated rings. The second-order valence-electron chi connectivity index (χ2n) is 2.95. The van der Waals surface area contributed by atoms with Gasteiger partial charge in [-0.05, 0) is 22.0 Å². The van der Waals surface area contributed by atoms with Crippen molar-refractivity contribution in [1.29, 1.82) is 0 Å². The van der Waals surface area contributed by atoms with Crippen LogP contribution in [0.5, 0.6) is 0 Å². The SMILES string of the molecule is Cn1c(-c2cc(Br)cs2)cnc1CN. The van der Waals surface area contributed by atoms with Crippen LogP contribution in [0, 0.1) is 0 Å². The van der Waals surface area contributed by atoms with Crippen molar-refractivity contribution in [2.24, 2.45) is 12.8 Å². The summed E-state index contributed by atoms with van der Waals surface area (Å²) >= 11 is 5.13. The number of thiophene rings is 1. The van der Waals surface area contributed by atoms with Crippen LogP contribution in [-0.4, -0.2) is 9.55 Å². The van der Waals surface area contributed by atoms with Crippen molar-refractivity contribution >= 4 is 27.3 Å². The summed E-state index contributed by atoms with van der Waals surface area (Å²) in [7, 11) is 1.98. The first-order chi connectivity index (χ1) is 6.72. The predicted molar refractivity (Wildman–Crippen MR) is 62.1 cm³/mol. The Balaban J connectivity index is 2.46. The number of nitrogens with zero attached hydrogens (tertiary/aromatic N) is 2. The standard InChI is InChI=1S/C9H10BrN3S/c1-13-7(4-12-9(13)3-11)8-2-6(10)5-14-8/h2,4-5H,3,11H2,1H3. The number of imidazole rings is 1. The van der Waals surface area contributed by atoms with Gasteiger partial charge in [0.15, 0.2) is 0 Å². The lowest BCUT2D eigenvalue weighted by Gasteiger charge is -2.01. The molecule has 2 aromatic heterocycles. The maximum atomic E-state index is 5.56. The van der Waals surface area contributed by atoms with Gasteiger partial charge < -0.3 is 10.3 Å². The fourth-order valence-corrected chi connectivity index (χ4v) is 2.79. The van der Waals surface area contributed by atoms with Crippen molar-refractivity contribution in [3.05, 3.63) is 27.9 Å². The van der Waals surface area contributed by atoms with Crippen molar-refractivity contribution in [2.75, 3.05) is 0 Å². The molecule has 5 heteroatoms. The molecule has 0 aliphatic rings. The monoisotopic (exact) mass is 271 g/mol. The summed E-state index contributed by atoms with van der Waals surface area (Å²) in [6.07, 6.45) is 1.86. The summed E-state index contributed by atoms with van der Waals surface area (Å²) in [6.45, 7) is 0.475. The quantitative estimate of drug-likeness (QED) is 0.912. The van der Waals surface area contributed by atoms with Crippen LogP contribution < -0.4 is 5.73 Å². The van der Waals surface area contributed by atoms with Gasteiger partial charge in [-0.25, -0.2) is 4.98 Å². The molecule has 0 bridgehead atoms. The Hall–Kier alpha value is -0.650. The van der Waals surface area contributed by atoms with Crippen LogP contribution >= 0.6 is 27.3 Å². The van der Waals surface area contributed by atoms with E-state index in [-0.39, 0.29) is 0 Å². The van der Waals surface area contributed by atoms with Gasteiger partial charge in [0.1, 0.15) is 5.82 Å². The van der Waals surface area contributed by atoms with E-state index in [0.29, 0.717) is 6.54 Å². The zero-order valence-corrected chi connectivity index (χ0v) is 10.1. The van der Waals surface area contributed by atoms with Crippen LogP contribution in [0.1, 0.15) is 5.82 Å². The molecule has 0 aliphatic heterocycles. The third-order valence-electron chi connectivity index (χ3n) is 2.09. The van der Waals surface area contributed by atoms with Crippen molar-refractivity contribution in [1.82, 2.24) is 9.55 Å². The fraction of sp³-hybridized carbons (Fsp3) is 0.222. The molecule has 0 radical (unpaired) electrons. The normalized spacial score (nSPS) is 10.8. The number of aromatic nitrogens is 2. The summed E-state index contributed by atoms with van der Waals surface area (Å²) < 4.78 is 3.13. The topological polar surface area (TPSA) is 43.8 Å². The summed E-state index contributed by atoms with van der Waals surface area (Å²) in [4.78, 5) is 5.45. The molecule has 0 saturated carbocycles. The van der Waals surface area contributed by atoms with E-state index in [9.17, 15) is 0 Å². The highest BCUT2D eigenvalue weighted by molar-refractivity contribution is 9.10. The van der Waals surface area contributed by atoms with E-state index < -0.39 is 0 Å². The fourth-order valence-electron chi connectivity index (χ4n) is 1.31. The number of hydrogen-bond donors (Lipinski definition) is 1. The maximum absolute atomic E-state index is 5.56. The molecule has 0 saturated heterocycles. The molecular weight excluding hydrogens is 262 g/mol. The van der Waals surface area contributed by atoms with Crippen molar-refractivity contribution in [2.45, 2.75) is 6.54 Å². The van der Waals surface area contributed by atoms with Gasteiger partial charge in [0.25, 0.3) is 0 Å². The molecule has 0 aliphatic carbocycles. The molecule has 0 unspecified atom stereocenters. The van der Waals surface area contributed by atoms with Gasteiger partial charge >= 0.3 is 0 Å². The third-order valence-corrected chi connectivity index (χ3v) is 3.80. The Bertz CT molecular complexity index is 447. The summed E-state index contributed by atoms with van der Waals surface area (Å²) in [6, 6.07) is 2.09. The largest absolute Gasteiger partial charge is 0.329 e. The van der Waals surface area contributed by atoms with Crippen LogP contribution in [0.25, 0.3) is 10.6 Å². The van der Waals surface area contributed by atoms with Gasteiger partial charge in [-0.2, -0.15) is 0 Å². The minimum atomic E-state index is 0.475. The molecule has 2 heterocycles. The molecule has 0 atom stereocenters. The highest BCUT2D eigenvalue weighted by atomic mass is 79.9. The smallest absolute Gasteiger partial charge is 0.122 e. The number of nitrogens with two attached hydrogens (primary N) is 1. The highest BCUT2D eigenvalue weighted by Crippen LogP contribution is 2.29. The highest BCUT2D eigenvalue weighted by Gasteiger charge is 2.08. The van der Waals surface area contributed by atoms with Gasteiger partial charge in [0.05, 0.1) is 23.3 Å². The zero-order chi connectivity index (χ0) is 10.1. The van der Waals surface area contributed by atoms with Gasteiger partial charge in [0.2, 0.25) is 0 Å². The zero-order valence-electron chi connectivity index (χ0n) is 7.70. The summed E-state index contributed by atoms with van der Waals surface area (Å²) in [5, 5.41) is 2.06. The van der Waals surface area contributed by atoms with E-state index in [1.807, 2.05) is 17.8 Å². The third kappa shape index (κ3) is 1.63. The minimum Gasteiger partial charge on any atom is -0.329 e. The van der Waals surface area contributed by atoms with Gasteiger partial charge in [-0.1, -0.05) is 0 Å². The lowest BCUT2D eigenvalue weighted by molar-refractivity contribution is 0.799. The maximum Gasteiger partial charge on any atom is 0.122 e.